The number of halogens is 1. The van der Waals surface area contributed by atoms with Crippen molar-refractivity contribution >= 4 is 21.9 Å². The number of nitrogens with zero attached hydrogens (tertiary/aromatic N) is 2. The number of carboxylic acid groups (broad SMARTS) is 1. The lowest BCUT2D eigenvalue weighted by molar-refractivity contribution is -0.142. The Morgan fingerprint density at radius 2 is 2.54 bits per heavy atom. The van der Waals surface area contributed by atoms with E-state index in [-0.39, 0.29) is 5.92 Å². The molecule has 1 unspecified atom stereocenters. The largest absolute Gasteiger partial charge is 0.481 e. The third-order valence-corrected chi connectivity index (χ3v) is 3.03. The van der Waals surface area contributed by atoms with Gasteiger partial charge >= 0.3 is 5.97 Å². The Kier molecular flexibility index (Phi) is 2.11. The second-order valence-electron chi connectivity index (χ2n) is 3.20. The second-order valence-corrected chi connectivity index (χ2v) is 4.05. The molecule has 0 aliphatic carbocycles. The van der Waals surface area contributed by atoms with E-state index in [9.17, 15) is 4.79 Å². The number of aromatic nitrogens is 2. The van der Waals surface area contributed by atoms with E-state index in [4.69, 9.17) is 5.11 Å². The summed E-state index contributed by atoms with van der Waals surface area (Å²) in [6.45, 7) is 0.496. The van der Waals surface area contributed by atoms with Crippen molar-refractivity contribution in [3.63, 3.8) is 0 Å². The van der Waals surface area contributed by atoms with Gasteiger partial charge in [-0.05, 0) is 28.8 Å². The van der Waals surface area contributed by atoms with Gasteiger partial charge in [0.15, 0.2) is 0 Å². The Morgan fingerprint density at radius 1 is 1.77 bits per heavy atom. The molecule has 0 bridgehead atoms. The normalized spacial score (nSPS) is 21.2. The second kappa shape index (κ2) is 3.14. The van der Waals surface area contributed by atoms with Crippen LogP contribution in [0.4, 0.5) is 0 Å². The molecule has 0 saturated carbocycles. The van der Waals surface area contributed by atoms with E-state index >= 15 is 0 Å². The van der Waals surface area contributed by atoms with Gasteiger partial charge in [-0.3, -0.25) is 9.48 Å². The first-order chi connectivity index (χ1) is 6.18. The maximum Gasteiger partial charge on any atom is 0.308 e. The van der Waals surface area contributed by atoms with Gasteiger partial charge in [-0.25, -0.2) is 0 Å². The molecule has 2 rings (SSSR count). The minimum Gasteiger partial charge on any atom is -0.481 e. The molecule has 1 aromatic rings. The van der Waals surface area contributed by atoms with Crippen LogP contribution < -0.4 is 0 Å². The first kappa shape index (κ1) is 8.74. The molecular formula is C8H9BrN2O2. The van der Waals surface area contributed by atoms with Crippen LogP contribution in [0.3, 0.4) is 0 Å². The summed E-state index contributed by atoms with van der Waals surface area (Å²) in [6, 6.07) is 0. The van der Waals surface area contributed by atoms with Gasteiger partial charge in [0.1, 0.15) is 0 Å². The lowest BCUT2D eigenvalue weighted by Gasteiger charge is -2.20. The van der Waals surface area contributed by atoms with Crippen molar-refractivity contribution in [1.82, 2.24) is 9.78 Å². The molecule has 0 spiro atoms. The summed E-state index contributed by atoms with van der Waals surface area (Å²) in [5, 5.41) is 12.9. The lowest BCUT2D eigenvalue weighted by atomic mass is 9.99. The summed E-state index contributed by atoms with van der Waals surface area (Å²) >= 11 is 3.38. The average molecular weight is 245 g/mol. The Labute approximate surface area is 83.7 Å². The zero-order valence-corrected chi connectivity index (χ0v) is 8.49. The zero-order chi connectivity index (χ0) is 9.42. The quantitative estimate of drug-likeness (QED) is 0.811. The molecule has 2 heterocycles. The maximum atomic E-state index is 10.7. The fourth-order valence-corrected chi connectivity index (χ4v) is 2.10. The van der Waals surface area contributed by atoms with E-state index in [0.717, 1.165) is 16.6 Å². The summed E-state index contributed by atoms with van der Waals surface area (Å²) < 4.78 is 2.75. The minimum atomic E-state index is -0.725. The van der Waals surface area contributed by atoms with Crippen LogP contribution >= 0.6 is 15.9 Å². The number of hydrogen-bond acceptors (Lipinski definition) is 2. The van der Waals surface area contributed by atoms with Gasteiger partial charge in [0.25, 0.3) is 0 Å². The summed E-state index contributed by atoms with van der Waals surface area (Å²) in [4.78, 5) is 10.7. The van der Waals surface area contributed by atoms with Crippen molar-refractivity contribution in [3.05, 3.63) is 16.4 Å². The predicted octanol–water partition coefficient (Wildman–Crippen LogP) is 1.29. The van der Waals surface area contributed by atoms with Gasteiger partial charge in [0.05, 0.1) is 28.8 Å². The van der Waals surface area contributed by atoms with Crippen LogP contribution in [0.2, 0.25) is 0 Å². The van der Waals surface area contributed by atoms with Crippen molar-refractivity contribution in [1.29, 1.82) is 0 Å². The predicted molar refractivity (Wildman–Crippen MR) is 49.4 cm³/mol. The van der Waals surface area contributed by atoms with Crippen LogP contribution in [0.5, 0.6) is 0 Å². The Hall–Kier alpha value is -0.840. The number of carbonyl (C=O) groups is 1. The molecule has 0 radical (unpaired) electrons. The van der Waals surface area contributed by atoms with Crippen LogP contribution in [-0.2, 0) is 17.8 Å². The number of fused-ring (bicyclic) bond motifs is 1. The van der Waals surface area contributed by atoms with E-state index in [1.165, 1.54) is 0 Å². The van der Waals surface area contributed by atoms with Crippen LogP contribution in [-0.4, -0.2) is 20.9 Å². The summed E-state index contributed by atoms with van der Waals surface area (Å²) in [5.74, 6) is -1.00. The third kappa shape index (κ3) is 1.48. The Bertz CT molecular complexity index is 348. The first-order valence-corrected chi connectivity index (χ1v) is 4.91. The molecule has 4 nitrogen and oxygen atoms in total. The van der Waals surface area contributed by atoms with E-state index in [0.29, 0.717) is 13.0 Å². The van der Waals surface area contributed by atoms with E-state index in [1.54, 1.807) is 10.9 Å². The Balaban J connectivity index is 2.25. The molecule has 0 amide bonds. The standard InChI is InChI=1S/C8H9BrN2O2/c9-6-3-10-11-4-5(8(12)13)1-2-7(6)11/h3,5H,1-2,4H2,(H,12,13). The number of aliphatic carboxylic acids is 1. The fourth-order valence-electron chi connectivity index (χ4n) is 1.61. The number of hydrogen-bond donors (Lipinski definition) is 1. The van der Waals surface area contributed by atoms with Gasteiger partial charge < -0.3 is 5.11 Å². The van der Waals surface area contributed by atoms with Crippen LogP contribution in [0.25, 0.3) is 0 Å². The summed E-state index contributed by atoms with van der Waals surface area (Å²) in [6.07, 6.45) is 3.22. The molecule has 0 saturated heterocycles. The summed E-state index contributed by atoms with van der Waals surface area (Å²) in [5.41, 5.74) is 1.11. The van der Waals surface area contributed by atoms with Crippen molar-refractivity contribution in [3.8, 4) is 0 Å². The smallest absolute Gasteiger partial charge is 0.308 e. The molecule has 0 aromatic carbocycles. The Morgan fingerprint density at radius 3 is 3.23 bits per heavy atom. The molecule has 1 aromatic heterocycles. The number of rotatable bonds is 1. The van der Waals surface area contributed by atoms with Gasteiger partial charge in [0.2, 0.25) is 0 Å². The molecule has 5 heteroatoms. The third-order valence-electron chi connectivity index (χ3n) is 2.37. The van der Waals surface area contributed by atoms with Gasteiger partial charge in [-0.2, -0.15) is 5.10 Å². The van der Waals surface area contributed by atoms with Crippen molar-refractivity contribution in [2.45, 2.75) is 19.4 Å². The van der Waals surface area contributed by atoms with E-state index in [1.807, 2.05) is 0 Å². The van der Waals surface area contributed by atoms with Crippen molar-refractivity contribution < 1.29 is 9.90 Å². The fraction of sp³-hybridized carbons (Fsp3) is 0.500. The molecule has 70 valence electrons. The van der Waals surface area contributed by atoms with Crippen LogP contribution in [0.1, 0.15) is 12.1 Å². The maximum absolute atomic E-state index is 10.7. The van der Waals surface area contributed by atoms with Crippen LogP contribution in [0, 0.1) is 5.92 Å². The lowest BCUT2D eigenvalue weighted by Crippen LogP contribution is -2.27. The highest BCUT2D eigenvalue weighted by molar-refractivity contribution is 9.10. The first-order valence-electron chi connectivity index (χ1n) is 4.11. The van der Waals surface area contributed by atoms with E-state index < -0.39 is 5.97 Å². The molecule has 1 aliphatic heterocycles. The molecule has 1 atom stereocenters. The van der Waals surface area contributed by atoms with E-state index in [2.05, 4.69) is 21.0 Å². The van der Waals surface area contributed by atoms with Crippen LogP contribution in [0.15, 0.2) is 10.7 Å². The molecule has 0 fully saturated rings. The topological polar surface area (TPSA) is 55.1 Å². The molecule has 1 N–H and O–H groups in total. The van der Waals surface area contributed by atoms with Gasteiger partial charge in [-0.1, -0.05) is 0 Å². The average Bonchev–Trinajstić information content (AvgIpc) is 2.47. The van der Waals surface area contributed by atoms with Gasteiger partial charge in [-0.15, -0.1) is 0 Å². The SMILES string of the molecule is O=C(O)C1CCc2c(Br)cnn2C1. The minimum absolute atomic E-state index is 0.278. The van der Waals surface area contributed by atoms with Crippen molar-refractivity contribution in [2.24, 2.45) is 5.92 Å². The monoisotopic (exact) mass is 244 g/mol. The highest BCUT2D eigenvalue weighted by Crippen LogP contribution is 2.25. The highest BCUT2D eigenvalue weighted by Gasteiger charge is 2.25. The zero-order valence-electron chi connectivity index (χ0n) is 6.90. The molecule has 13 heavy (non-hydrogen) atoms. The number of carboxylic acids is 1. The molecular weight excluding hydrogens is 236 g/mol. The summed E-state index contributed by atoms with van der Waals surface area (Å²) in [7, 11) is 0. The van der Waals surface area contributed by atoms with Gasteiger partial charge in [0, 0.05) is 0 Å². The molecule has 1 aliphatic rings. The van der Waals surface area contributed by atoms with Crippen molar-refractivity contribution in [2.75, 3.05) is 0 Å². The highest BCUT2D eigenvalue weighted by atomic mass is 79.9.